The van der Waals surface area contributed by atoms with Crippen molar-refractivity contribution >= 4 is 34.9 Å². The molecule has 4 fully saturated rings. The summed E-state index contributed by atoms with van der Waals surface area (Å²) < 4.78 is 24.2. The maximum Gasteiger partial charge on any atom is 0.329 e. The van der Waals surface area contributed by atoms with Crippen LogP contribution in [0.15, 0.2) is 53.6 Å². The maximum atomic E-state index is 14.5. The number of para-hydroxylation sites is 1. The second kappa shape index (κ2) is 25.6. The number of ketones is 3. The maximum absolute atomic E-state index is 14.5. The lowest BCUT2D eigenvalue weighted by Crippen LogP contribution is -2.61. The zero-order valence-electron chi connectivity index (χ0n) is 44.7. The molecule has 3 N–H and O–H groups in total. The van der Waals surface area contributed by atoms with Gasteiger partial charge in [-0.15, -0.1) is 0 Å². The van der Waals surface area contributed by atoms with E-state index in [1.54, 1.807) is 48.0 Å². The van der Waals surface area contributed by atoms with Gasteiger partial charge in [0.15, 0.2) is 0 Å². The van der Waals surface area contributed by atoms with Crippen LogP contribution in [-0.2, 0) is 47.8 Å². The third kappa shape index (κ3) is 13.7. The number of piperidine rings is 1. The number of aliphatic hydroxyl groups is 3. The first-order valence-corrected chi connectivity index (χ1v) is 27.0. The Kier molecular flexibility index (Phi) is 20.4. The number of rotatable bonds is 6. The Hall–Kier alpha value is -3.83. The number of Topliss-reactive ketones (excluding diaryl/α,β-unsaturated/α-hetero) is 3. The van der Waals surface area contributed by atoms with Crippen molar-refractivity contribution in [1.29, 1.82) is 0 Å². The largest absolute Gasteiger partial charge is 0.460 e. The molecular formula is C57H86N2O13. The number of ether oxygens (including phenoxy) is 4. The minimum Gasteiger partial charge on any atom is -0.460 e. The molecule has 1 amide bonds. The number of methoxy groups -OCH3 is 2. The molecule has 17 unspecified atom stereocenters. The second-order valence-corrected chi connectivity index (χ2v) is 22.4. The summed E-state index contributed by atoms with van der Waals surface area (Å²) in [6, 6.07) is 8.68. The number of carbonyl (C=O) groups is 5. The van der Waals surface area contributed by atoms with E-state index in [1.165, 1.54) is 4.90 Å². The smallest absolute Gasteiger partial charge is 0.329 e. The van der Waals surface area contributed by atoms with Crippen LogP contribution >= 0.6 is 0 Å². The van der Waals surface area contributed by atoms with Crippen LogP contribution in [0.5, 0.6) is 0 Å². The van der Waals surface area contributed by atoms with Crippen molar-refractivity contribution in [1.82, 2.24) is 4.90 Å². The van der Waals surface area contributed by atoms with Gasteiger partial charge in [-0.3, -0.25) is 29.1 Å². The van der Waals surface area contributed by atoms with E-state index in [2.05, 4.69) is 6.92 Å². The average Bonchev–Trinajstić information content (AvgIpc) is 3.37. The van der Waals surface area contributed by atoms with Gasteiger partial charge >= 0.3 is 5.97 Å². The number of benzene rings is 1. The van der Waals surface area contributed by atoms with Gasteiger partial charge in [-0.05, 0) is 132 Å². The molecule has 6 aliphatic rings. The molecule has 17 atom stereocenters. The molecular weight excluding hydrogens is 921 g/mol. The van der Waals surface area contributed by atoms with Crippen LogP contribution in [-0.4, -0.2) is 131 Å². The third-order valence-electron chi connectivity index (χ3n) is 17.0. The molecule has 1 aliphatic carbocycles. The monoisotopic (exact) mass is 1010 g/mol. The zero-order chi connectivity index (χ0) is 52.6. The molecule has 0 spiro atoms. The van der Waals surface area contributed by atoms with E-state index in [0.29, 0.717) is 69.8 Å². The SMILES string of the molecule is COC1CC2CCC(C)C(O)(O2)C(=O)C(=O)N2CCCCC2C(=O)OC(C(C)CC2CCC(O)C(OC)C2)CC(=O)C(C)/C=C(\C)C(O)C(C)C(=O)C(C)CC(C)C2CCC(C=C1C)ON2c1ccccc1. The van der Waals surface area contributed by atoms with Gasteiger partial charge in [-0.25, -0.2) is 4.79 Å². The summed E-state index contributed by atoms with van der Waals surface area (Å²) >= 11 is 0. The van der Waals surface area contributed by atoms with E-state index < -0.39 is 77.8 Å². The first-order valence-electron chi connectivity index (χ1n) is 27.0. The summed E-state index contributed by atoms with van der Waals surface area (Å²) in [4.78, 5) is 79.7. The molecule has 0 aromatic heterocycles. The number of carbonyl (C=O) groups excluding carboxylic acids is 5. The van der Waals surface area contributed by atoms with E-state index in [-0.39, 0.29) is 72.9 Å². The number of amides is 1. The minimum absolute atomic E-state index is 0.0204. The molecule has 1 saturated carbocycles. The highest BCUT2D eigenvalue weighted by molar-refractivity contribution is 6.39. The van der Waals surface area contributed by atoms with Crippen LogP contribution in [0.25, 0.3) is 0 Å². The van der Waals surface area contributed by atoms with Crippen LogP contribution < -0.4 is 5.06 Å². The Morgan fingerprint density at radius 3 is 2.24 bits per heavy atom. The van der Waals surface area contributed by atoms with Gasteiger partial charge in [-0.1, -0.05) is 71.9 Å². The number of allylic oxidation sites excluding steroid dienone is 1. The second-order valence-electron chi connectivity index (χ2n) is 22.4. The van der Waals surface area contributed by atoms with Crippen molar-refractivity contribution in [3.05, 3.63) is 53.6 Å². The van der Waals surface area contributed by atoms with Gasteiger partial charge < -0.3 is 39.2 Å². The molecule has 72 heavy (non-hydrogen) atoms. The predicted molar refractivity (Wildman–Crippen MR) is 272 cm³/mol. The van der Waals surface area contributed by atoms with Crippen molar-refractivity contribution in [2.75, 3.05) is 25.8 Å². The van der Waals surface area contributed by atoms with Crippen molar-refractivity contribution in [3.63, 3.8) is 0 Å². The van der Waals surface area contributed by atoms with E-state index in [0.717, 1.165) is 24.1 Å². The van der Waals surface area contributed by atoms with E-state index in [9.17, 15) is 39.3 Å². The highest BCUT2D eigenvalue weighted by Gasteiger charge is 2.53. The summed E-state index contributed by atoms with van der Waals surface area (Å²) in [6.45, 7) is 14.9. The summed E-state index contributed by atoms with van der Waals surface area (Å²) in [5.74, 6) is -8.43. The Bertz CT molecular complexity index is 2080. The van der Waals surface area contributed by atoms with Gasteiger partial charge in [-0.2, -0.15) is 0 Å². The molecule has 5 aliphatic heterocycles. The lowest BCUT2D eigenvalue weighted by atomic mass is 9.78. The standard InChI is InChI=1S/C57H86N2O13/c1-33-26-37(5)52(62)40(8)53(63)38(6)27-34(2)48(61)32-50(35(3)28-41-20-24-47(60)51(30-41)69-10)70-56(66)46-18-14-15-25-58(46)55(65)54(64)57(67)39(7)19-21-43(71-57)31-49(68-9)36(4)29-44-22-23-45(33)59(72-44)42-16-12-11-13-17-42/h11-13,16-17,27,29,33-35,37,39-41,43-47,49-51,53,60,63,67H,14-15,18-26,28,30-32H2,1-10H3/b36-29?,38-27+. The molecule has 1 aromatic rings. The van der Waals surface area contributed by atoms with E-state index in [4.69, 9.17) is 23.8 Å². The van der Waals surface area contributed by atoms with Gasteiger partial charge in [0, 0.05) is 57.3 Å². The van der Waals surface area contributed by atoms with Crippen LogP contribution in [0.4, 0.5) is 5.69 Å². The fourth-order valence-electron chi connectivity index (χ4n) is 12.2. The molecule has 7 rings (SSSR count). The fraction of sp³-hybridized carbons (Fsp3) is 0.737. The summed E-state index contributed by atoms with van der Waals surface area (Å²) in [5.41, 5.74) is 2.25. The quantitative estimate of drug-likeness (QED) is 0.143. The van der Waals surface area contributed by atoms with Crippen molar-refractivity contribution in [3.8, 4) is 0 Å². The molecule has 402 valence electrons. The number of anilines is 1. The van der Waals surface area contributed by atoms with Gasteiger partial charge in [0.1, 0.15) is 29.8 Å². The Morgan fingerprint density at radius 1 is 0.819 bits per heavy atom. The highest BCUT2D eigenvalue weighted by Crippen LogP contribution is 2.39. The first kappa shape index (κ1) is 57.4. The lowest BCUT2D eigenvalue weighted by Gasteiger charge is -2.43. The van der Waals surface area contributed by atoms with Gasteiger partial charge in [0.05, 0.1) is 42.2 Å². The molecule has 4 bridgehead atoms. The van der Waals surface area contributed by atoms with Crippen LogP contribution in [0.3, 0.4) is 0 Å². The number of aliphatic hydroxyl groups excluding tert-OH is 2. The molecule has 15 nitrogen and oxygen atoms in total. The van der Waals surface area contributed by atoms with Crippen LogP contribution in [0.2, 0.25) is 0 Å². The van der Waals surface area contributed by atoms with E-state index in [1.807, 2.05) is 62.2 Å². The Morgan fingerprint density at radius 2 is 1.54 bits per heavy atom. The number of esters is 1. The molecule has 0 radical (unpaired) electrons. The first-order chi connectivity index (χ1) is 34.2. The predicted octanol–water partition coefficient (Wildman–Crippen LogP) is 7.66. The average molecular weight is 1010 g/mol. The molecule has 3 saturated heterocycles. The van der Waals surface area contributed by atoms with Crippen molar-refractivity contribution in [2.24, 2.45) is 41.4 Å². The molecule has 15 heteroatoms. The van der Waals surface area contributed by atoms with Crippen LogP contribution in [0, 0.1) is 41.4 Å². The number of hydroxylamine groups is 1. The van der Waals surface area contributed by atoms with Gasteiger partial charge in [0.25, 0.3) is 11.7 Å². The van der Waals surface area contributed by atoms with Crippen molar-refractivity contribution in [2.45, 2.75) is 206 Å². The number of hydrogen-bond donors (Lipinski definition) is 3. The minimum atomic E-state index is -2.45. The zero-order valence-corrected chi connectivity index (χ0v) is 44.7. The molecule has 1 aromatic carbocycles. The third-order valence-corrected chi connectivity index (χ3v) is 17.0. The summed E-state index contributed by atoms with van der Waals surface area (Å²) in [6.07, 6.45) is 6.18. The Labute approximate surface area is 428 Å². The normalized spacial score (nSPS) is 39.1. The molecule has 5 heterocycles. The van der Waals surface area contributed by atoms with Crippen LogP contribution in [0.1, 0.15) is 145 Å². The number of hydrogen-bond acceptors (Lipinski definition) is 14. The number of nitrogens with zero attached hydrogens (tertiary/aromatic N) is 2. The Balaban J connectivity index is 1.33. The van der Waals surface area contributed by atoms with E-state index >= 15 is 0 Å². The highest BCUT2D eigenvalue weighted by atomic mass is 16.7. The van der Waals surface area contributed by atoms with Crippen molar-refractivity contribution < 1.29 is 63.1 Å². The lowest BCUT2D eigenvalue weighted by molar-refractivity contribution is -0.265. The summed E-state index contributed by atoms with van der Waals surface area (Å²) in [7, 11) is 3.18. The summed E-state index contributed by atoms with van der Waals surface area (Å²) in [5, 5.41) is 36.3. The number of fused-ring (bicyclic) bond motifs is 17. The fourth-order valence-corrected chi connectivity index (χ4v) is 12.2. The van der Waals surface area contributed by atoms with Gasteiger partial charge in [0.2, 0.25) is 5.79 Å². The topological polar surface area (TPSA) is 199 Å².